The smallest absolute Gasteiger partial charge is 0.289 e. The van der Waals surface area contributed by atoms with E-state index < -0.39 is 44.1 Å². The molecule has 1 aromatic rings. The highest BCUT2D eigenvalue weighted by molar-refractivity contribution is 7.89. The molecule has 0 saturated heterocycles. The topological polar surface area (TPSA) is 153 Å². The maximum absolute atomic E-state index is 11.8. The summed E-state index contributed by atoms with van der Waals surface area (Å²) in [6.07, 6.45) is -1.70. The lowest BCUT2D eigenvalue weighted by Crippen LogP contribution is -2.39. The van der Waals surface area contributed by atoms with Crippen molar-refractivity contribution in [1.29, 1.82) is 0 Å². The minimum atomic E-state index is -4.14. The van der Waals surface area contributed by atoms with Gasteiger partial charge in [0.15, 0.2) is 0 Å². The summed E-state index contributed by atoms with van der Waals surface area (Å²) >= 11 is 5.55. The molecule has 110 valence electrons. The number of rotatable bonds is 6. The maximum atomic E-state index is 11.8. The zero-order valence-corrected chi connectivity index (χ0v) is 11.4. The van der Waals surface area contributed by atoms with Gasteiger partial charge in [-0.05, 0) is 12.1 Å². The number of hydrogen-bond acceptors (Lipinski definition) is 6. The van der Waals surface area contributed by atoms with Gasteiger partial charge in [0.05, 0.1) is 9.82 Å². The number of aliphatic hydroxyl groups is 1. The van der Waals surface area contributed by atoms with E-state index in [4.69, 9.17) is 22.4 Å². The van der Waals surface area contributed by atoms with E-state index in [1.165, 1.54) is 0 Å². The molecule has 0 aliphatic heterocycles. The summed E-state index contributed by atoms with van der Waals surface area (Å²) in [5.74, 6) is -1.10. The van der Waals surface area contributed by atoms with Crippen LogP contribution in [0.1, 0.15) is 0 Å². The summed E-state index contributed by atoms with van der Waals surface area (Å²) in [5, 5.41) is 19.5. The molecule has 1 atom stereocenters. The molecular formula is C9H10ClN3O6S. The Labute approximate surface area is 118 Å². The predicted molar refractivity (Wildman–Crippen MR) is 68.5 cm³/mol. The number of halogens is 1. The fourth-order valence-corrected chi connectivity index (χ4v) is 2.42. The Kier molecular flexibility index (Phi) is 5.00. The van der Waals surface area contributed by atoms with E-state index in [9.17, 15) is 23.3 Å². The number of hydrogen-bond donors (Lipinski definition) is 3. The van der Waals surface area contributed by atoms with Crippen LogP contribution in [-0.4, -0.2) is 37.0 Å². The first kappa shape index (κ1) is 16.3. The van der Waals surface area contributed by atoms with Crippen LogP contribution in [-0.2, 0) is 14.8 Å². The first-order chi connectivity index (χ1) is 9.15. The van der Waals surface area contributed by atoms with Crippen LogP contribution in [0.3, 0.4) is 0 Å². The Balaban J connectivity index is 3.01. The minimum Gasteiger partial charge on any atom is -0.382 e. The Hall–Kier alpha value is -1.75. The number of amides is 1. The number of nitrogens with zero attached hydrogens (tertiary/aromatic N) is 1. The van der Waals surface area contributed by atoms with Crippen LogP contribution in [0.25, 0.3) is 0 Å². The van der Waals surface area contributed by atoms with E-state index in [-0.39, 0.29) is 5.02 Å². The van der Waals surface area contributed by atoms with Crippen molar-refractivity contribution in [3.63, 3.8) is 0 Å². The number of aliphatic hydroxyl groups excluding tert-OH is 1. The maximum Gasteiger partial charge on any atom is 0.289 e. The van der Waals surface area contributed by atoms with Crippen molar-refractivity contribution in [2.45, 2.75) is 11.0 Å². The molecule has 4 N–H and O–H groups in total. The molecule has 0 bridgehead atoms. The highest BCUT2D eigenvalue weighted by Gasteiger charge is 2.22. The number of primary amides is 1. The monoisotopic (exact) mass is 323 g/mol. The van der Waals surface area contributed by atoms with Crippen LogP contribution in [0.2, 0.25) is 5.02 Å². The van der Waals surface area contributed by atoms with Gasteiger partial charge >= 0.3 is 0 Å². The second-order valence-corrected chi connectivity index (χ2v) is 5.81. The van der Waals surface area contributed by atoms with Gasteiger partial charge in [-0.3, -0.25) is 14.9 Å². The normalized spacial score (nSPS) is 12.9. The SMILES string of the molecule is NC(=O)C(O)CNS(=O)(=O)c1ccc(Cl)c([N+](=O)[O-])c1. The van der Waals surface area contributed by atoms with Crippen LogP contribution in [0.15, 0.2) is 23.1 Å². The average Bonchev–Trinajstić information content (AvgIpc) is 2.35. The van der Waals surface area contributed by atoms with Crippen molar-refractivity contribution >= 4 is 33.2 Å². The lowest BCUT2D eigenvalue weighted by Gasteiger charge is -2.09. The molecular weight excluding hydrogens is 314 g/mol. The van der Waals surface area contributed by atoms with Gasteiger partial charge in [-0.2, -0.15) is 0 Å². The van der Waals surface area contributed by atoms with Gasteiger partial charge in [0.2, 0.25) is 15.9 Å². The Morgan fingerprint density at radius 1 is 1.55 bits per heavy atom. The van der Waals surface area contributed by atoms with E-state index in [0.29, 0.717) is 0 Å². The summed E-state index contributed by atoms with van der Waals surface area (Å²) in [4.78, 5) is 20.0. The van der Waals surface area contributed by atoms with Crippen molar-refractivity contribution in [3.05, 3.63) is 33.3 Å². The molecule has 0 saturated carbocycles. The van der Waals surface area contributed by atoms with Crippen LogP contribution < -0.4 is 10.5 Å². The summed E-state index contributed by atoms with van der Waals surface area (Å²) in [7, 11) is -4.14. The van der Waals surface area contributed by atoms with E-state index in [1.54, 1.807) is 0 Å². The number of carbonyl (C=O) groups is 1. The molecule has 0 aliphatic rings. The molecule has 0 heterocycles. The van der Waals surface area contributed by atoms with Crippen LogP contribution in [0.4, 0.5) is 5.69 Å². The number of nitrogens with one attached hydrogen (secondary N) is 1. The molecule has 0 fully saturated rings. The number of nitro benzene ring substituents is 1. The zero-order valence-electron chi connectivity index (χ0n) is 9.82. The molecule has 1 amide bonds. The molecule has 0 aliphatic carbocycles. The first-order valence-electron chi connectivity index (χ1n) is 5.06. The van der Waals surface area contributed by atoms with Gasteiger partial charge in [-0.25, -0.2) is 13.1 Å². The summed E-state index contributed by atoms with van der Waals surface area (Å²) in [5.41, 5.74) is 4.18. The van der Waals surface area contributed by atoms with Gasteiger partial charge in [-0.15, -0.1) is 0 Å². The number of sulfonamides is 1. The molecule has 20 heavy (non-hydrogen) atoms. The lowest BCUT2D eigenvalue weighted by atomic mass is 10.3. The summed E-state index contributed by atoms with van der Waals surface area (Å²) < 4.78 is 25.5. The third-order valence-corrected chi connectivity index (χ3v) is 3.96. The van der Waals surface area contributed by atoms with Crippen molar-refractivity contribution in [2.75, 3.05) is 6.54 Å². The summed E-state index contributed by atoms with van der Waals surface area (Å²) in [6, 6.07) is 2.87. The van der Waals surface area contributed by atoms with E-state index in [0.717, 1.165) is 18.2 Å². The van der Waals surface area contributed by atoms with Crippen molar-refractivity contribution < 1.29 is 23.2 Å². The first-order valence-corrected chi connectivity index (χ1v) is 6.92. The summed E-state index contributed by atoms with van der Waals surface area (Å²) in [6.45, 7) is -0.645. The Morgan fingerprint density at radius 3 is 2.65 bits per heavy atom. The highest BCUT2D eigenvalue weighted by atomic mass is 35.5. The lowest BCUT2D eigenvalue weighted by molar-refractivity contribution is -0.384. The molecule has 9 nitrogen and oxygen atoms in total. The molecule has 11 heteroatoms. The molecule has 0 spiro atoms. The quantitative estimate of drug-likeness (QED) is 0.468. The number of benzene rings is 1. The predicted octanol–water partition coefficient (Wildman–Crippen LogP) is -0.627. The zero-order chi connectivity index (χ0) is 15.5. The van der Waals surface area contributed by atoms with Gasteiger partial charge in [0.1, 0.15) is 11.1 Å². The third-order valence-electron chi connectivity index (χ3n) is 2.22. The number of nitrogens with two attached hydrogens (primary N) is 1. The Bertz CT molecular complexity index is 647. The number of nitro groups is 1. The van der Waals surface area contributed by atoms with Crippen molar-refractivity contribution in [3.8, 4) is 0 Å². The largest absolute Gasteiger partial charge is 0.382 e. The van der Waals surface area contributed by atoms with Gasteiger partial charge in [-0.1, -0.05) is 11.6 Å². The van der Waals surface area contributed by atoms with Crippen molar-refractivity contribution in [2.24, 2.45) is 5.73 Å². The van der Waals surface area contributed by atoms with Crippen LogP contribution in [0.5, 0.6) is 0 Å². The number of carbonyl (C=O) groups excluding carboxylic acids is 1. The standard InChI is InChI=1S/C9H10ClN3O6S/c10-6-2-1-5(3-7(6)13(16)17)20(18,19)12-4-8(14)9(11)15/h1-3,8,12,14H,4H2,(H2,11,15). The minimum absolute atomic E-state index is 0.217. The van der Waals surface area contributed by atoms with E-state index >= 15 is 0 Å². The van der Waals surface area contributed by atoms with Crippen molar-refractivity contribution in [1.82, 2.24) is 4.72 Å². The second-order valence-electron chi connectivity index (χ2n) is 3.64. The third kappa shape index (κ3) is 3.87. The molecule has 1 aromatic carbocycles. The van der Waals surface area contributed by atoms with E-state index in [1.807, 2.05) is 4.72 Å². The average molecular weight is 324 g/mol. The molecule has 1 unspecified atom stereocenters. The van der Waals surface area contributed by atoms with Crippen LogP contribution in [0, 0.1) is 10.1 Å². The Morgan fingerprint density at radius 2 is 2.15 bits per heavy atom. The fraction of sp³-hybridized carbons (Fsp3) is 0.222. The highest BCUT2D eigenvalue weighted by Crippen LogP contribution is 2.26. The molecule has 0 radical (unpaired) electrons. The fourth-order valence-electron chi connectivity index (χ4n) is 1.17. The van der Waals surface area contributed by atoms with Gasteiger partial charge < -0.3 is 10.8 Å². The van der Waals surface area contributed by atoms with Gasteiger partial charge in [0, 0.05) is 12.6 Å². The molecule has 0 aromatic heterocycles. The second kappa shape index (κ2) is 6.13. The van der Waals surface area contributed by atoms with E-state index in [2.05, 4.69) is 0 Å². The van der Waals surface area contributed by atoms with Gasteiger partial charge in [0.25, 0.3) is 5.69 Å². The van der Waals surface area contributed by atoms with Crippen LogP contribution >= 0.6 is 11.6 Å². The molecule has 1 rings (SSSR count).